The Balaban J connectivity index is 0.000000980. The number of hydrogen-bond acceptors (Lipinski definition) is 2. The van der Waals surface area contributed by atoms with Crippen LogP contribution in [0.3, 0.4) is 0 Å². The predicted molar refractivity (Wildman–Crippen MR) is 56.1 cm³/mol. The van der Waals surface area contributed by atoms with Crippen molar-refractivity contribution in [2.24, 2.45) is 0 Å². The van der Waals surface area contributed by atoms with Gasteiger partial charge in [-0.1, -0.05) is 6.07 Å². The minimum atomic E-state index is 0. The van der Waals surface area contributed by atoms with Crippen molar-refractivity contribution in [3.05, 3.63) is 30.1 Å². The van der Waals surface area contributed by atoms with E-state index in [2.05, 4.69) is 4.98 Å². The zero-order chi connectivity index (χ0) is 9.26. The van der Waals surface area contributed by atoms with Crippen LogP contribution in [0, 0.1) is 0 Å². The van der Waals surface area contributed by atoms with Crippen molar-refractivity contribution in [3.63, 3.8) is 0 Å². The summed E-state index contributed by atoms with van der Waals surface area (Å²) in [6.07, 6.45) is 5.16. The number of rotatable bonds is 1. The summed E-state index contributed by atoms with van der Waals surface area (Å²) in [4.78, 5) is 17.1. The standard InChI is InChI=1S/C10H12N2O.Na.H/c1-12-9(4-5-10(12)13)8-3-2-6-11-7-8;;/h2-3,6-7,9H,4-5H2,1H3;;/t9-;;/m0../s1. The van der Waals surface area contributed by atoms with Crippen LogP contribution in [0.4, 0.5) is 0 Å². The summed E-state index contributed by atoms with van der Waals surface area (Å²) < 4.78 is 0. The molecule has 2 heterocycles. The summed E-state index contributed by atoms with van der Waals surface area (Å²) in [7, 11) is 1.85. The van der Waals surface area contributed by atoms with Gasteiger partial charge in [0.05, 0.1) is 6.04 Å². The molecule has 1 aromatic rings. The van der Waals surface area contributed by atoms with Crippen LogP contribution in [0.15, 0.2) is 24.5 Å². The Hall–Kier alpha value is -0.380. The molecule has 1 saturated heterocycles. The number of pyridine rings is 1. The summed E-state index contributed by atoms with van der Waals surface area (Å²) in [6.45, 7) is 0. The van der Waals surface area contributed by atoms with Crippen molar-refractivity contribution < 1.29 is 4.79 Å². The van der Waals surface area contributed by atoms with Crippen LogP contribution in [-0.4, -0.2) is 52.4 Å². The minimum absolute atomic E-state index is 0. The van der Waals surface area contributed by atoms with E-state index in [-0.39, 0.29) is 41.5 Å². The van der Waals surface area contributed by atoms with Gasteiger partial charge < -0.3 is 4.90 Å². The molecular formula is C10H13N2NaO. The van der Waals surface area contributed by atoms with E-state index in [1.165, 1.54) is 0 Å². The summed E-state index contributed by atoms with van der Waals surface area (Å²) in [5.41, 5.74) is 1.14. The van der Waals surface area contributed by atoms with Gasteiger partial charge in [0, 0.05) is 25.9 Å². The van der Waals surface area contributed by atoms with E-state index >= 15 is 0 Å². The fourth-order valence-corrected chi connectivity index (χ4v) is 1.77. The molecule has 0 unspecified atom stereocenters. The van der Waals surface area contributed by atoms with Gasteiger partial charge >= 0.3 is 29.6 Å². The zero-order valence-corrected chi connectivity index (χ0v) is 7.60. The molecule has 70 valence electrons. The van der Waals surface area contributed by atoms with Crippen LogP contribution >= 0.6 is 0 Å². The molecule has 0 saturated carbocycles. The molecule has 3 nitrogen and oxygen atoms in total. The number of hydrogen-bond donors (Lipinski definition) is 0. The van der Waals surface area contributed by atoms with E-state index in [1.54, 1.807) is 11.1 Å². The van der Waals surface area contributed by atoms with Gasteiger partial charge in [0.1, 0.15) is 0 Å². The van der Waals surface area contributed by atoms with Crippen LogP contribution < -0.4 is 0 Å². The Labute approximate surface area is 106 Å². The molecule has 0 radical (unpaired) electrons. The van der Waals surface area contributed by atoms with Gasteiger partial charge in [-0.2, -0.15) is 0 Å². The summed E-state index contributed by atoms with van der Waals surface area (Å²) >= 11 is 0. The van der Waals surface area contributed by atoms with Crippen LogP contribution in [-0.2, 0) is 4.79 Å². The topological polar surface area (TPSA) is 33.2 Å². The Bertz CT molecular complexity index is 315. The average molecular weight is 200 g/mol. The van der Waals surface area contributed by atoms with Crippen molar-refractivity contribution in [3.8, 4) is 0 Å². The van der Waals surface area contributed by atoms with Crippen molar-refractivity contribution in [2.75, 3.05) is 7.05 Å². The summed E-state index contributed by atoms with van der Waals surface area (Å²) in [5, 5.41) is 0. The zero-order valence-electron chi connectivity index (χ0n) is 7.60. The van der Waals surface area contributed by atoms with Crippen LogP contribution in [0.1, 0.15) is 24.4 Å². The van der Waals surface area contributed by atoms with Gasteiger partial charge in [-0.25, -0.2) is 0 Å². The first-order chi connectivity index (χ1) is 6.29. The second-order valence-corrected chi connectivity index (χ2v) is 3.35. The molecule has 4 heteroatoms. The van der Waals surface area contributed by atoms with E-state index < -0.39 is 0 Å². The number of likely N-dealkylation sites (tertiary alicyclic amines) is 1. The predicted octanol–water partition coefficient (Wildman–Crippen LogP) is 0.726. The maximum absolute atomic E-state index is 11.3. The van der Waals surface area contributed by atoms with Crippen molar-refractivity contribution in [2.45, 2.75) is 18.9 Å². The Morgan fingerprint density at radius 2 is 2.36 bits per heavy atom. The summed E-state index contributed by atoms with van der Waals surface area (Å²) in [6, 6.07) is 4.17. The Kier molecular flexibility index (Phi) is 4.11. The average Bonchev–Trinajstić information content (AvgIpc) is 2.49. The molecule has 0 bridgehead atoms. The molecule has 1 atom stereocenters. The van der Waals surface area contributed by atoms with Crippen LogP contribution in [0.5, 0.6) is 0 Å². The van der Waals surface area contributed by atoms with Crippen molar-refractivity contribution >= 4 is 35.5 Å². The van der Waals surface area contributed by atoms with Crippen LogP contribution in [0.2, 0.25) is 0 Å². The number of aromatic nitrogens is 1. The van der Waals surface area contributed by atoms with E-state index in [0.717, 1.165) is 12.0 Å². The second kappa shape index (κ2) is 4.91. The third kappa shape index (κ3) is 2.16. The van der Waals surface area contributed by atoms with E-state index in [0.29, 0.717) is 6.42 Å². The van der Waals surface area contributed by atoms with E-state index in [1.807, 2.05) is 25.4 Å². The molecule has 0 N–H and O–H groups in total. The second-order valence-electron chi connectivity index (χ2n) is 3.35. The molecule has 1 fully saturated rings. The van der Waals surface area contributed by atoms with Gasteiger partial charge in [-0.15, -0.1) is 0 Å². The van der Waals surface area contributed by atoms with Crippen molar-refractivity contribution in [1.82, 2.24) is 9.88 Å². The monoisotopic (exact) mass is 200 g/mol. The summed E-state index contributed by atoms with van der Waals surface area (Å²) in [5.74, 6) is 0.230. The third-order valence-electron chi connectivity index (χ3n) is 2.56. The van der Waals surface area contributed by atoms with Crippen molar-refractivity contribution in [1.29, 1.82) is 0 Å². The number of carbonyl (C=O) groups is 1. The molecule has 1 amide bonds. The molecule has 0 spiro atoms. The molecular weight excluding hydrogens is 187 g/mol. The van der Waals surface area contributed by atoms with Crippen LogP contribution in [0.25, 0.3) is 0 Å². The number of amides is 1. The number of nitrogens with zero attached hydrogens (tertiary/aromatic N) is 2. The van der Waals surface area contributed by atoms with Gasteiger partial charge in [0.2, 0.25) is 5.91 Å². The maximum atomic E-state index is 11.3. The third-order valence-corrected chi connectivity index (χ3v) is 2.56. The van der Waals surface area contributed by atoms with E-state index in [4.69, 9.17) is 0 Å². The van der Waals surface area contributed by atoms with Gasteiger partial charge in [0.15, 0.2) is 0 Å². The quantitative estimate of drug-likeness (QED) is 0.626. The first kappa shape index (κ1) is 11.7. The van der Waals surface area contributed by atoms with Gasteiger partial charge in [-0.05, 0) is 18.1 Å². The van der Waals surface area contributed by atoms with Gasteiger partial charge in [0.25, 0.3) is 0 Å². The molecule has 1 aliphatic rings. The SMILES string of the molecule is CN1C(=O)CC[C@H]1c1cccnc1.[NaH]. The van der Waals surface area contributed by atoms with E-state index in [9.17, 15) is 4.79 Å². The number of carbonyl (C=O) groups excluding carboxylic acids is 1. The molecule has 1 aromatic heterocycles. The molecule has 0 aromatic carbocycles. The van der Waals surface area contributed by atoms with Gasteiger partial charge in [-0.3, -0.25) is 9.78 Å². The molecule has 1 aliphatic heterocycles. The fourth-order valence-electron chi connectivity index (χ4n) is 1.77. The normalized spacial score (nSPS) is 20.8. The fraction of sp³-hybridized carbons (Fsp3) is 0.400. The first-order valence-corrected chi connectivity index (χ1v) is 4.44. The molecule has 14 heavy (non-hydrogen) atoms. The Morgan fingerprint density at radius 1 is 1.57 bits per heavy atom. The first-order valence-electron chi connectivity index (χ1n) is 4.44. The molecule has 2 rings (SSSR count). The Morgan fingerprint density at radius 3 is 2.86 bits per heavy atom. The molecule has 0 aliphatic carbocycles.